The lowest BCUT2D eigenvalue weighted by Crippen LogP contribution is -2.52. The van der Waals surface area contributed by atoms with Crippen LogP contribution in [0.1, 0.15) is 64.7 Å². The molecule has 3 amide bonds. The zero-order valence-electron chi connectivity index (χ0n) is 22.7. The van der Waals surface area contributed by atoms with Gasteiger partial charge in [-0.2, -0.15) is 0 Å². The minimum absolute atomic E-state index is 0.0439. The first kappa shape index (κ1) is 30.5. The van der Waals surface area contributed by atoms with Gasteiger partial charge in [-0.3, -0.25) is 20.3 Å². The SMILES string of the molecule is COC(=O)c1ccc(N2C(=O)CCC2(CO)CO)c(N=C(NC(=O)OC(C)(C)C)NC(=O)OC(C)(C)C)c1. The number of carbonyl (C=O) groups is 4. The molecule has 0 aliphatic carbocycles. The fourth-order valence-corrected chi connectivity index (χ4v) is 3.62. The van der Waals surface area contributed by atoms with Crippen molar-refractivity contribution >= 4 is 41.4 Å². The van der Waals surface area contributed by atoms with Crippen LogP contribution in [0.5, 0.6) is 0 Å². The second-order valence-corrected chi connectivity index (χ2v) is 10.7. The molecule has 13 nitrogen and oxygen atoms in total. The van der Waals surface area contributed by atoms with Crippen LogP contribution in [-0.4, -0.2) is 77.3 Å². The number of esters is 1. The number of anilines is 1. The fraction of sp³-hybridized carbons (Fsp3) is 0.560. The Hall–Kier alpha value is -3.71. The number of ether oxygens (including phenoxy) is 3. The third-order valence-electron chi connectivity index (χ3n) is 5.22. The summed E-state index contributed by atoms with van der Waals surface area (Å²) in [6, 6.07) is 4.06. The molecule has 0 bridgehead atoms. The molecule has 0 aromatic heterocycles. The van der Waals surface area contributed by atoms with E-state index in [0.29, 0.717) is 0 Å². The van der Waals surface area contributed by atoms with Crippen molar-refractivity contribution in [2.45, 2.75) is 71.1 Å². The van der Waals surface area contributed by atoms with Crippen molar-refractivity contribution in [3.05, 3.63) is 23.8 Å². The molecule has 1 aliphatic heterocycles. The van der Waals surface area contributed by atoms with Gasteiger partial charge in [0, 0.05) is 6.42 Å². The molecule has 1 aliphatic rings. The average Bonchev–Trinajstić information content (AvgIpc) is 3.12. The lowest BCUT2D eigenvalue weighted by Gasteiger charge is -2.36. The van der Waals surface area contributed by atoms with E-state index in [4.69, 9.17) is 14.2 Å². The van der Waals surface area contributed by atoms with E-state index in [0.717, 1.165) is 0 Å². The number of rotatable bonds is 5. The van der Waals surface area contributed by atoms with Crippen molar-refractivity contribution in [2.75, 3.05) is 25.2 Å². The largest absolute Gasteiger partial charge is 0.465 e. The number of amides is 3. The summed E-state index contributed by atoms with van der Waals surface area (Å²) < 4.78 is 15.3. The van der Waals surface area contributed by atoms with Gasteiger partial charge in [-0.25, -0.2) is 19.4 Å². The zero-order valence-corrected chi connectivity index (χ0v) is 22.7. The Bertz CT molecular complexity index is 1070. The van der Waals surface area contributed by atoms with E-state index >= 15 is 0 Å². The van der Waals surface area contributed by atoms with Crippen LogP contribution < -0.4 is 15.5 Å². The Morgan fingerprint density at radius 1 is 1.00 bits per heavy atom. The van der Waals surface area contributed by atoms with Crippen LogP contribution in [0.3, 0.4) is 0 Å². The summed E-state index contributed by atoms with van der Waals surface area (Å²) in [5, 5.41) is 24.8. The van der Waals surface area contributed by atoms with E-state index < -0.39 is 60.0 Å². The molecule has 1 heterocycles. The normalized spacial score (nSPS) is 15.0. The number of alkyl carbamates (subject to hydrolysis) is 2. The fourth-order valence-electron chi connectivity index (χ4n) is 3.62. The first-order valence-corrected chi connectivity index (χ1v) is 11.9. The molecule has 0 radical (unpaired) electrons. The van der Waals surface area contributed by atoms with Crippen molar-refractivity contribution in [3.8, 4) is 0 Å². The molecule has 0 unspecified atom stereocenters. The van der Waals surface area contributed by atoms with E-state index in [2.05, 4.69) is 15.6 Å². The highest BCUT2D eigenvalue weighted by atomic mass is 16.6. The van der Waals surface area contributed by atoms with Gasteiger partial charge in [-0.1, -0.05) is 0 Å². The number of nitrogens with one attached hydrogen (secondary N) is 2. The zero-order chi connectivity index (χ0) is 28.9. The lowest BCUT2D eigenvalue weighted by molar-refractivity contribution is -0.117. The molecule has 210 valence electrons. The van der Waals surface area contributed by atoms with Gasteiger partial charge in [0.15, 0.2) is 0 Å². The third-order valence-corrected chi connectivity index (χ3v) is 5.22. The number of aliphatic hydroxyl groups is 2. The molecule has 0 spiro atoms. The van der Waals surface area contributed by atoms with Crippen molar-refractivity contribution in [2.24, 2.45) is 4.99 Å². The van der Waals surface area contributed by atoms with Crippen LogP contribution in [0.25, 0.3) is 0 Å². The number of carbonyl (C=O) groups excluding carboxylic acids is 4. The lowest BCUT2D eigenvalue weighted by atomic mass is 9.97. The van der Waals surface area contributed by atoms with Crippen LogP contribution in [0, 0.1) is 0 Å². The maximum atomic E-state index is 12.9. The molecular weight excluding hydrogens is 500 g/mol. The number of nitrogens with zero attached hydrogens (tertiary/aromatic N) is 2. The second-order valence-electron chi connectivity index (χ2n) is 10.7. The predicted molar refractivity (Wildman–Crippen MR) is 137 cm³/mol. The van der Waals surface area contributed by atoms with Crippen molar-refractivity contribution in [1.29, 1.82) is 0 Å². The van der Waals surface area contributed by atoms with Crippen molar-refractivity contribution in [3.63, 3.8) is 0 Å². The maximum Gasteiger partial charge on any atom is 0.414 e. The number of hydrogen-bond acceptors (Lipinski definition) is 10. The average molecular weight is 537 g/mol. The number of methoxy groups -OCH3 is 1. The molecule has 13 heteroatoms. The number of benzene rings is 1. The topological polar surface area (TPSA) is 176 Å². The maximum absolute atomic E-state index is 12.9. The summed E-state index contributed by atoms with van der Waals surface area (Å²) in [5.74, 6) is -1.54. The summed E-state index contributed by atoms with van der Waals surface area (Å²) in [5.41, 5.74) is -2.98. The minimum Gasteiger partial charge on any atom is -0.465 e. The molecule has 1 aromatic rings. The van der Waals surface area contributed by atoms with Crippen LogP contribution in [0.2, 0.25) is 0 Å². The van der Waals surface area contributed by atoms with Crippen LogP contribution in [0.15, 0.2) is 23.2 Å². The molecule has 2 rings (SSSR count). The van der Waals surface area contributed by atoms with Gasteiger partial charge in [0.2, 0.25) is 11.9 Å². The summed E-state index contributed by atoms with van der Waals surface area (Å²) in [6.07, 6.45) is -1.69. The number of aliphatic hydroxyl groups excluding tert-OH is 2. The van der Waals surface area contributed by atoms with E-state index in [-0.39, 0.29) is 29.8 Å². The van der Waals surface area contributed by atoms with E-state index in [1.807, 2.05) is 0 Å². The van der Waals surface area contributed by atoms with Crippen LogP contribution >= 0.6 is 0 Å². The van der Waals surface area contributed by atoms with Crippen molar-refractivity contribution in [1.82, 2.24) is 10.6 Å². The second kappa shape index (κ2) is 11.8. The Kier molecular flexibility index (Phi) is 9.46. The molecule has 38 heavy (non-hydrogen) atoms. The predicted octanol–water partition coefficient (Wildman–Crippen LogP) is 2.36. The standard InChI is InChI=1S/C25H36N4O9/c1-23(2,3)37-21(34)27-20(28-22(35)38-24(4,5)6)26-16-12-15(19(33)36-7)8-9-17(16)29-18(32)10-11-25(29,13-30)14-31/h8-9,12,30-31H,10-11,13-14H2,1-7H3,(H2,26,27,28,34,35). The van der Waals surface area contributed by atoms with Crippen LogP contribution in [0.4, 0.5) is 21.0 Å². The molecule has 1 fully saturated rings. The van der Waals surface area contributed by atoms with E-state index in [1.165, 1.54) is 30.2 Å². The minimum atomic E-state index is -1.33. The van der Waals surface area contributed by atoms with Gasteiger partial charge >= 0.3 is 18.2 Å². The molecule has 0 saturated carbocycles. The van der Waals surface area contributed by atoms with Gasteiger partial charge in [0.05, 0.1) is 42.8 Å². The highest BCUT2D eigenvalue weighted by Gasteiger charge is 2.46. The molecule has 4 N–H and O–H groups in total. The van der Waals surface area contributed by atoms with Crippen molar-refractivity contribution < 1.29 is 43.6 Å². The Labute approximate surface area is 221 Å². The summed E-state index contributed by atoms with van der Waals surface area (Å²) >= 11 is 0. The number of hydrogen-bond donors (Lipinski definition) is 4. The number of guanidine groups is 1. The quantitative estimate of drug-likeness (QED) is 0.190. The van der Waals surface area contributed by atoms with Gasteiger partial charge in [0.1, 0.15) is 11.2 Å². The monoisotopic (exact) mass is 536 g/mol. The first-order valence-electron chi connectivity index (χ1n) is 11.9. The van der Waals surface area contributed by atoms with Gasteiger partial charge in [0.25, 0.3) is 0 Å². The van der Waals surface area contributed by atoms with Crippen LogP contribution in [-0.2, 0) is 19.0 Å². The highest BCUT2D eigenvalue weighted by Crippen LogP contribution is 2.40. The van der Waals surface area contributed by atoms with Gasteiger partial charge in [-0.15, -0.1) is 0 Å². The number of aliphatic imine (C=N–C) groups is 1. The summed E-state index contributed by atoms with van der Waals surface area (Å²) in [6.45, 7) is 8.77. The molecular formula is C25H36N4O9. The third kappa shape index (κ3) is 7.89. The molecule has 1 saturated heterocycles. The van der Waals surface area contributed by atoms with Gasteiger partial charge in [-0.05, 0) is 66.2 Å². The first-order chi connectivity index (χ1) is 17.5. The molecule has 1 aromatic carbocycles. The Balaban J connectivity index is 2.68. The van der Waals surface area contributed by atoms with E-state index in [9.17, 15) is 29.4 Å². The molecule has 0 atom stereocenters. The smallest absolute Gasteiger partial charge is 0.414 e. The Morgan fingerprint density at radius 3 is 1.97 bits per heavy atom. The van der Waals surface area contributed by atoms with Gasteiger partial charge < -0.3 is 24.4 Å². The Morgan fingerprint density at radius 2 is 1.53 bits per heavy atom. The highest BCUT2D eigenvalue weighted by molar-refractivity contribution is 6.05. The summed E-state index contributed by atoms with van der Waals surface area (Å²) in [7, 11) is 1.19. The summed E-state index contributed by atoms with van der Waals surface area (Å²) in [4.78, 5) is 55.7. The van der Waals surface area contributed by atoms with E-state index in [1.54, 1.807) is 41.5 Å².